The molecule has 0 bridgehead atoms. The van der Waals surface area contributed by atoms with Crippen LogP contribution in [0.2, 0.25) is 0 Å². The highest BCUT2D eigenvalue weighted by Gasteiger charge is 2.29. The molecule has 2 N–H and O–H groups in total. The number of anilines is 1. The number of fused-ring (bicyclic) bond motifs is 2. The number of rotatable bonds is 8. The van der Waals surface area contributed by atoms with Crippen LogP contribution in [-0.4, -0.2) is 39.6 Å². The number of sulfonamides is 1. The van der Waals surface area contributed by atoms with E-state index in [9.17, 15) is 18.0 Å². The fourth-order valence-electron chi connectivity index (χ4n) is 4.53. The zero-order valence-electron chi connectivity index (χ0n) is 20.3. The molecule has 2 aliphatic heterocycles. The molecule has 2 heterocycles. The van der Waals surface area contributed by atoms with Crippen molar-refractivity contribution in [2.24, 2.45) is 0 Å². The van der Waals surface area contributed by atoms with Gasteiger partial charge in [0.05, 0.1) is 4.90 Å². The molecule has 2 aliphatic rings. The topological polar surface area (TPSA) is 114 Å². The van der Waals surface area contributed by atoms with Crippen LogP contribution in [0.3, 0.4) is 0 Å². The maximum atomic E-state index is 13.4. The average Bonchev–Trinajstić information content (AvgIpc) is 3.53. The lowest BCUT2D eigenvalue weighted by Crippen LogP contribution is -2.47. The molecule has 0 saturated carbocycles. The molecule has 3 aromatic carbocycles. The Morgan fingerprint density at radius 2 is 1.76 bits per heavy atom. The summed E-state index contributed by atoms with van der Waals surface area (Å²) in [4.78, 5) is 26.8. The highest BCUT2D eigenvalue weighted by atomic mass is 32.2. The fourth-order valence-corrected chi connectivity index (χ4v) is 5.77. The van der Waals surface area contributed by atoms with E-state index in [0.717, 1.165) is 16.7 Å². The van der Waals surface area contributed by atoms with Crippen molar-refractivity contribution in [1.29, 1.82) is 0 Å². The van der Waals surface area contributed by atoms with E-state index >= 15 is 0 Å². The van der Waals surface area contributed by atoms with Crippen LogP contribution in [0.25, 0.3) is 0 Å². The number of carbonyl (C=O) groups excluding carboxylic acids is 2. The number of ether oxygens (including phenoxy) is 2. The van der Waals surface area contributed by atoms with Crippen LogP contribution in [0.1, 0.15) is 23.6 Å². The molecular weight excluding hydrogens is 494 g/mol. The van der Waals surface area contributed by atoms with Crippen LogP contribution in [0.5, 0.6) is 11.5 Å². The predicted octanol–water partition coefficient (Wildman–Crippen LogP) is 2.53. The minimum atomic E-state index is -4.03. The summed E-state index contributed by atoms with van der Waals surface area (Å²) in [6.45, 7) is 2.35. The van der Waals surface area contributed by atoms with Crippen LogP contribution in [-0.2, 0) is 39.0 Å². The van der Waals surface area contributed by atoms with E-state index in [2.05, 4.69) is 10.0 Å². The van der Waals surface area contributed by atoms with Crippen LogP contribution < -0.4 is 24.4 Å². The lowest BCUT2D eigenvalue weighted by atomic mass is 10.1. The molecule has 0 unspecified atom stereocenters. The summed E-state index contributed by atoms with van der Waals surface area (Å²) in [6.07, 6.45) is 0.748. The molecule has 0 aromatic heterocycles. The predicted molar refractivity (Wildman–Crippen MR) is 137 cm³/mol. The Morgan fingerprint density at radius 1 is 0.973 bits per heavy atom. The number of amides is 2. The third kappa shape index (κ3) is 5.45. The van der Waals surface area contributed by atoms with Gasteiger partial charge in [-0.15, -0.1) is 0 Å². The molecule has 37 heavy (non-hydrogen) atoms. The molecule has 9 nitrogen and oxygen atoms in total. The van der Waals surface area contributed by atoms with Crippen molar-refractivity contribution >= 4 is 27.5 Å². The summed E-state index contributed by atoms with van der Waals surface area (Å²) in [5, 5.41) is 2.84. The maximum absolute atomic E-state index is 13.4. The smallest absolute Gasteiger partial charge is 0.241 e. The van der Waals surface area contributed by atoms with Gasteiger partial charge in [0.2, 0.25) is 28.6 Å². The van der Waals surface area contributed by atoms with Crippen molar-refractivity contribution in [1.82, 2.24) is 10.0 Å². The zero-order chi connectivity index (χ0) is 26.0. The Labute approximate surface area is 215 Å². The van der Waals surface area contributed by atoms with E-state index in [4.69, 9.17) is 9.47 Å². The zero-order valence-corrected chi connectivity index (χ0v) is 21.1. The first kappa shape index (κ1) is 24.8. The van der Waals surface area contributed by atoms with Crippen molar-refractivity contribution in [3.63, 3.8) is 0 Å². The van der Waals surface area contributed by atoms with E-state index in [-0.39, 0.29) is 30.6 Å². The van der Waals surface area contributed by atoms with Gasteiger partial charge in [0.15, 0.2) is 11.5 Å². The molecule has 0 fully saturated rings. The Morgan fingerprint density at radius 3 is 2.54 bits per heavy atom. The molecule has 0 aliphatic carbocycles. The highest BCUT2D eigenvalue weighted by molar-refractivity contribution is 7.89. The summed E-state index contributed by atoms with van der Waals surface area (Å²) in [6, 6.07) is 18.2. The van der Waals surface area contributed by atoms with Gasteiger partial charge in [0.25, 0.3) is 0 Å². The second kappa shape index (κ2) is 10.2. The fraction of sp³-hybridized carbons (Fsp3) is 0.259. The summed E-state index contributed by atoms with van der Waals surface area (Å²) < 4.78 is 40.0. The second-order valence-corrected chi connectivity index (χ2v) is 10.7. The van der Waals surface area contributed by atoms with Gasteiger partial charge in [-0.2, -0.15) is 4.72 Å². The number of nitrogens with one attached hydrogen (secondary N) is 2. The van der Waals surface area contributed by atoms with E-state index in [0.29, 0.717) is 30.2 Å². The Bertz CT molecular complexity index is 1440. The molecule has 3 aromatic rings. The van der Waals surface area contributed by atoms with Crippen molar-refractivity contribution in [2.75, 3.05) is 18.2 Å². The standard InChI is InChI=1S/C27H27N3O6S/c1-18(31)30-12-11-21-15-22(8-9-24(21)30)37(33,34)29-23(13-19-5-3-2-4-6-19)27(32)28-16-20-7-10-25-26(14-20)36-17-35-25/h2-10,14-15,23,29H,11-13,16-17H2,1H3,(H,28,32)/t23-/m0/s1. The van der Waals surface area contributed by atoms with E-state index < -0.39 is 22.0 Å². The van der Waals surface area contributed by atoms with Crippen LogP contribution in [0.15, 0.2) is 71.6 Å². The molecule has 1 atom stereocenters. The monoisotopic (exact) mass is 521 g/mol. The van der Waals surface area contributed by atoms with E-state index in [1.54, 1.807) is 29.2 Å². The summed E-state index contributed by atoms with van der Waals surface area (Å²) >= 11 is 0. The van der Waals surface area contributed by atoms with Crippen molar-refractivity contribution < 1.29 is 27.5 Å². The molecule has 0 saturated heterocycles. The van der Waals surface area contributed by atoms with Gasteiger partial charge >= 0.3 is 0 Å². The highest BCUT2D eigenvalue weighted by Crippen LogP contribution is 2.32. The van der Waals surface area contributed by atoms with Crippen molar-refractivity contribution in [3.05, 3.63) is 83.4 Å². The van der Waals surface area contributed by atoms with Gasteiger partial charge in [-0.1, -0.05) is 36.4 Å². The first-order valence-corrected chi connectivity index (χ1v) is 13.4. The van der Waals surface area contributed by atoms with Gasteiger partial charge < -0.3 is 19.7 Å². The number of benzene rings is 3. The third-order valence-electron chi connectivity index (χ3n) is 6.44. The summed E-state index contributed by atoms with van der Waals surface area (Å²) in [7, 11) is -4.03. The van der Waals surface area contributed by atoms with Crippen molar-refractivity contribution in [2.45, 2.75) is 37.2 Å². The van der Waals surface area contributed by atoms with Crippen LogP contribution >= 0.6 is 0 Å². The first-order chi connectivity index (χ1) is 17.8. The molecule has 10 heteroatoms. The van der Waals surface area contributed by atoms with Crippen LogP contribution in [0.4, 0.5) is 5.69 Å². The van der Waals surface area contributed by atoms with Crippen molar-refractivity contribution in [3.8, 4) is 11.5 Å². The quantitative estimate of drug-likeness (QED) is 0.471. The van der Waals surface area contributed by atoms with Gasteiger partial charge in [-0.25, -0.2) is 8.42 Å². The molecule has 0 spiro atoms. The molecule has 192 valence electrons. The number of nitrogens with zero attached hydrogens (tertiary/aromatic N) is 1. The van der Waals surface area contributed by atoms with Gasteiger partial charge in [-0.05, 0) is 59.9 Å². The largest absolute Gasteiger partial charge is 0.454 e. The summed E-state index contributed by atoms with van der Waals surface area (Å²) in [5.41, 5.74) is 3.12. The number of hydrogen-bond acceptors (Lipinski definition) is 6. The molecular formula is C27H27N3O6S. The maximum Gasteiger partial charge on any atom is 0.241 e. The SMILES string of the molecule is CC(=O)N1CCc2cc(S(=O)(=O)N[C@@H](Cc3ccccc3)C(=O)NCc3ccc4c(c3)OCO4)ccc21. The lowest BCUT2D eigenvalue weighted by Gasteiger charge is -2.20. The van der Waals surface area contributed by atoms with Gasteiger partial charge in [0, 0.05) is 25.7 Å². The van der Waals surface area contributed by atoms with Gasteiger partial charge in [-0.3, -0.25) is 9.59 Å². The Hall–Kier alpha value is -3.89. The number of hydrogen-bond donors (Lipinski definition) is 2. The van der Waals surface area contributed by atoms with E-state index in [1.165, 1.54) is 13.0 Å². The average molecular weight is 522 g/mol. The Kier molecular flexibility index (Phi) is 6.86. The molecule has 5 rings (SSSR count). The van der Waals surface area contributed by atoms with Crippen LogP contribution in [0, 0.1) is 0 Å². The van der Waals surface area contributed by atoms with E-state index in [1.807, 2.05) is 36.4 Å². The Balaban J connectivity index is 1.34. The van der Waals surface area contributed by atoms with Gasteiger partial charge in [0.1, 0.15) is 6.04 Å². The second-order valence-electron chi connectivity index (χ2n) is 8.98. The lowest BCUT2D eigenvalue weighted by molar-refractivity contribution is -0.123. The molecule has 0 radical (unpaired) electrons. The minimum Gasteiger partial charge on any atom is -0.454 e. The third-order valence-corrected chi connectivity index (χ3v) is 7.91. The minimum absolute atomic E-state index is 0.0540. The normalized spacial score (nSPS) is 14.8. The first-order valence-electron chi connectivity index (χ1n) is 11.9. The number of carbonyl (C=O) groups is 2. The summed E-state index contributed by atoms with van der Waals surface area (Å²) in [5.74, 6) is 0.711. The molecule has 2 amide bonds.